The van der Waals surface area contributed by atoms with Crippen LogP contribution < -0.4 is 9.64 Å². The molecule has 1 aliphatic heterocycles. The fourth-order valence-electron chi connectivity index (χ4n) is 3.55. The van der Waals surface area contributed by atoms with E-state index in [-0.39, 0.29) is 5.91 Å². The average Bonchev–Trinajstić information content (AvgIpc) is 2.71. The van der Waals surface area contributed by atoms with Gasteiger partial charge in [-0.05, 0) is 62.2 Å². The van der Waals surface area contributed by atoms with Crippen LogP contribution in [0.1, 0.15) is 23.6 Å². The molecule has 0 spiro atoms. The maximum Gasteiger partial charge on any atom is 0.416 e. The summed E-state index contributed by atoms with van der Waals surface area (Å²) >= 11 is 6.17. The van der Waals surface area contributed by atoms with Gasteiger partial charge in [0.25, 0.3) is 5.91 Å². The minimum absolute atomic E-state index is 0.149. The number of aryl methyl sites for hydroxylation is 2. The van der Waals surface area contributed by atoms with Crippen LogP contribution in [0.2, 0.25) is 5.02 Å². The van der Waals surface area contributed by atoms with Gasteiger partial charge in [0.1, 0.15) is 5.75 Å². The number of amides is 1. The van der Waals surface area contributed by atoms with Crippen LogP contribution in [0.4, 0.5) is 18.9 Å². The van der Waals surface area contributed by atoms with Crippen molar-refractivity contribution in [3.63, 3.8) is 0 Å². The Labute approximate surface area is 179 Å². The maximum absolute atomic E-state index is 13.0. The summed E-state index contributed by atoms with van der Waals surface area (Å²) in [6.45, 7) is 7.20. The molecule has 0 aromatic heterocycles. The number of alkyl halides is 3. The number of anilines is 1. The Morgan fingerprint density at radius 1 is 1.07 bits per heavy atom. The molecular weight excluding hydrogens is 417 g/mol. The van der Waals surface area contributed by atoms with Gasteiger partial charge in [0.15, 0.2) is 6.10 Å². The predicted octanol–water partition coefficient (Wildman–Crippen LogP) is 5.09. The molecule has 2 aromatic rings. The van der Waals surface area contributed by atoms with Gasteiger partial charge in [-0.3, -0.25) is 4.79 Å². The summed E-state index contributed by atoms with van der Waals surface area (Å²) in [6.07, 6.45) is -5.05. The van der Waals surface area contributed by atoms with Gasteiger partial charge in [-0.15, -0.1) is 0 Å². The van der Waals surface area contributed by atoms with E-state index in [1.165, 1.54) is 6.07 Å². The van der Waals surface area contributed by atoms with E-state index in [9.17, 15) is 18.0 Å². The molecule has 0 N–H and O–H groups in total. The summed E-state index contributed by atoms with van der Waals surface area (Å²) in [5, 5.41) is 0.673. The predicted molar refractivity (Wildman–Crippen MR) is 111 cm³/mol. The molecule has 0 radical (unpaired) electrons. The van der Waals surface area contributed by atoms with Gasteiger partial charge < -0.3 is 14.5 Å². The molecule has 162 valence electrons. The van der Waals surface area contributed by atoms with Crippen LogP contribution in [0.5, 0.6) is 5.75 Å². The Bertz CT molecular complexity index is 902. The molecule has 1 heterocycles. The Hall–Kier alpha value is -2.41. The lowest BCUT2D eigenvalue weighted by Crippen LogP contribution is -2.52. The molecule has 2 aromatic carbocycles. The number of benzene rings is 2. The number of nitrogens with zero attached hydrogens (tertiary/aromatic N) is 2. The normalized spacial score (nSPS) is 15.8. The highest BCUT2D eigenvalue weighted by Gasteiger charge is 2.31. The number of hydrogen-bond donors (Lipinski definition) is 0. The lowest BCUT2D eigenvalue weighted by Gasteiger charge is -2.37. The van der Waals surface area contributed by atoms with Crippen LogP contribution in [0.15, 0.2) is 36.4 Å². The Morgan fingerprint density at radius 2 is 1.67 bits per heavy atom. The second-order valence-electron chi connectivity index (χ2n) is 7.49. The molecule has 1 atom stereocenters. The first-order valence-electron chi connectivity index (χ1n) is 9.70. The van der Waals surface area contributed by atoms with Gasteiger partial charge in [0.2, 0.25) is 0 Å². The molecule has 0 bridgehead atoms. The molecule has 8 heteroatoms. The van der Waals surface area contributed by atoms with Crippen LogP contribution in [0.3, 0.4) is 0 Å². The first-order valence-corrected chi connectivity index (χ1v) is 10.1. The van der Waals surface area contributed by atoms with Crippen LogP contribution in [0.25, 0.3) is 0 Å². The van der Waals surface area contributed by atoms with Gasteiger partial charge >= 0.3 is 6.18 Å². The largest absolute Gasteiger partial charge is 0.481 e. The highest BCUT2D eigenvalue weighted by Crippen LogP contribution is 2.32. The van der Waals surface area contributed by atoms with Crippen molar-refractivity contribution in [1.29, 1.82) is 0 Å². The monoisotopic (exact) mass is 440 g/mol. The lowest BCUT2D eigenvalue weighted by atomic mass is 10.1. The summed E-state index contributed by atoms with van der Waals surface area (Å²) in [7, 11) is 0. The van der Waals surface area contributed by atoms with Crippen molar-refractivity contribution in [2.24, 2.45) is 0 Å². The highest BCUT2D eigenvalue weighted by atomic mass is 35.5. The third kappa shape index (κ3) is 5.01. The molecule has 0 aliphatic carbocycles. The van der Waals surface area contributed by atoms with Gasteiger partial charge in [-0.25, -0.2) is 0 Å². The van der Waals surface area contributed by atoms with Crippen molar-refractivity contribution in [2.75, 3.05) is 31.1 Å². The fourth-order valence-corrected chi connectivity index (χ4v) is 3.66. The summed E-state index contributed by atoms with van der Waals surface area (Å²) in [6, 6.07) is 8.86. The van der Waals surface area contributed by atoms with Crippen LogP contribution in [-0.2, 0) is 11.0 Å². The van der Waals surface area contributed by atoms with Crippen molar-refractivity contribution in [3.05, 3.63) is 58.1 Å². The van der Waals surface area contributed by atoms with E-state index in [4.69, 9.17) is 16.3 Å². The van der Waals surface area contributed by atoms with Gasteiger partial charge in [0, 0.05) is 36.9 Å². The minimum atomic E-state index is -4.38. The number of carbonyl (C=O) groups excluding carboxylic acids is 1. The van der Waals surface area contributed by atoms with E-state index in [0.717, 1.165) is 23.3 Å². The Kier molecular flexibility index (Phi) is 6.50. The van der Waals surface area contributed by atoms with E-state index < -0.39 is 17.8 Å². The molecule has 1 saturated heterocycles. The Balaban J connectivity index is 1.60. The highest BCUT2D eigenvalue weighted by molar-refractivity contribution is 6.32. The van der Waals surface area contributed by atoms with Crippen LogP contribution in [-0.4, -0.2) is 43.1 Å². The fraction of sp³-hybridized carbons (Fsp3) is 0.409. The Morgan fingerprint density at radius 3 is 2.23 bits per heavy atom. The summed E-state index contributed by atoms with van der Waals surface area (Å²) in [5.41, 5.74) is 1.59. The summed E-state index contributed by atoms with van der Waals surface area (Å²) in [4.78, 5) is 16.3. The molecule has 0 unspecified atom stereocenters. The lowest BCUT2D eigenvalue weighted by molar-refractivity contribution is -0.138. The van der Waals surface area contributed by atoms with Crippen molar-refractivity contribution < 1.29 is 22.7 Å². The van der Waals surface area contributed by atoms with E-state index in [0.29, 0.717) is 42.6 Å². The second kappa shape index (κ2) is 8.76. The standard InChI is InChI=1S/C22H24ClF3N2O2/c1-14-11-19(12-15(2)20(14)23)30-16(3)21(29)28-9-7-27(8-10-28)18-6-4-5-17(13-18)22(24,25)26/h4-6,11-13,16H,7-10H2,1-3H3/t16-/m0/s1. The first-order chi connectivity index (χ1) is 14.1. The van der Waals surface area contributed by atoms with Gasteiger partial charge in [-0.1, -0.05) is 17.7 Å². The SMILES string of the molecule is Cc1cc(O[C@@H](C)C(=O)N2CCN(c3cccc(C(F)(F)F)c3)CC2)cc(C)c1Cl. The smallest absolute Gasteiger partial charge is 0.416 e. The zero-order valence-corrected chi connectivity index (χ0v) is 17.8. The van der Waals surface area contributed by atoms with E-state index in [1.807, 2.05) is 18.7 Å². The number of halogens is 4. The molecular formula is C22H24ClF3N2O2. The third-order valence-electron chi connectivity index (χ3n) is 5.20. The minimum Gasteiger partial charge on any atom is -0.481 e. The quantitative estimate of drug-likeness (QED) is 0.663. The van der Waals surface area contributed by atoms with Crippen molar-refractivity contribution in [2.45, 2.75) is 33.1 Å². The van der Waals surface area contributed by atoms with Crippen molar-refractivity contribution in [1.82, 2.24) is 4.90 Å². The summed E-state index contributed by atoms with van der Waals surface area (Å²) in [5.74, 6) is 0.432. The van der Waals surface area contributed by atoms with Crippen LogP contribution in [0, 0.1) is 13.8 Å². The molecule has 1 aliphatic rings. The zero-order valence-electron chi connectivity index (χ0n) is 17.1. The third-order valence-corrected chi connectivity index (χ3v) is 5.80. The molecule has 30 heavy (non-hydrogen) atoms. The van der Waals surface area contributed by atoms with Gasteiger partial charge in [0.05, 0.1) is 5.56 Å². The second-order valence-corrected chi connectivity index (χ2v) is 7.87. The zero-order chi connectivity index (χ0) is 22.1. The number of ether oxygens (including phenoxy) is 1. The molecule has 3 rings (SSSR count). The molecule has 4 nitrogen and oxygen atoms in total. The number of rotatable bonds is 4. The number of carbonyl (C=O) groups is 1. The van der Waals surface area contributed by atoms with Crippen molar-refractivity contribution >= 4 is 23.2 Å². The van der Waals surface area contributed by atoms with Gasteiger partial charge in [-0.2, -0.15) is 13.2 Å². The first kappa shape index (κ1) is 22.3. The molecule has 1 amide bonds. The maximum atomic E-state index is 13.0. The van der Waals surface area contributed by atoms with E-state index in [2.05, 4.69) is 0 Å². The average molecular weight is 441 g/mol. The topological polar surface area (TPSA) is 32.8 Å². The molecule has 0 saturated carbocycles. The van der Waals surface area contributed by atoms with Crippen molar-refractivity contribution in [3.8, 4) is 5.75 Å². The summed E-state index contributed by atoms with van der Waals surface area (Å²) < 4.78 is 44.7. The van der Waals surface area contributed by atoms with E-state index in [1.54, 1.807) is 30.0 Å². The van der Waals surface area contributed by atoms with E-state index >= 15 is 0 Å². The number of piperazine rings is 1. The molecule has 1 fully saturated rings. The number of hydrogen-bond acceptors (Lipinski definition) is 3. The van der Waals surface area contributed by atoms with Crippen LogP contribution >= 0.6 is 11.6 Å².